The normalized spacial score (nSPS) is 22.9. The molecule has 1 aliphatic rings. The first kappa shape index (κ1) is 15.5. The summed E-state index contributed by atoms with van der Waals surface area (Å²) in [5.74, 6) is 0.334. The average Bonchev–Trinajstić information content (AvgIpc) is 2.43. The van der Waals surface area contributed by atoms with Crippen LogP contribution in [-0.4, -0.2) is 23.9 Å². The van der Waals surface area contributed by atoms with E-state index in [0.29, 0.717) is 5.92 Å². The number of benzene rings is 1. The van der Waals surface area contributed by atoms with Crippen LogP contribution in [-0.2, 0) is 9.59 Å². The second-order valence-electron chi connectivity index (χ2n) is 6.36. The molecule has 0 radical (unpaired) electrons. The van der Waals surface area contributed by atoms with Crippen LogP contribution in [0.15, 0.2) is 24.3 Å². The van der Waals surface area contributed by atoms with Crippen LogP contribution in [0.3, 0.4) is 0 Å². The minimum Gasteiger partial charge on any atom is -0.342 e. The first-order valence-electron chi connectivity index (χ1n) is 7.56. The quantitative estimate of drug-likeness (QED) is 0.929. The van der Waals surface area contributed by atoms with Crippen LogP contribution in [0.5, 0.6) is 0 Å². The Balaban J connectivity index is 2.41. The predicted octanol–water partition coefficient (Wildman–Crippen LogP) is 2.69. The van der Waals surface area contributed by atoms with Gasteiger partial charge in [-0.15, -0.1) is 0 Å². The fourth-order valence-electron chi connectivity index (χ4n) is 2.63. The van der Waals surface area contributed by atoms with Crippen molar-refractivity contribution in [3.8, 4) is 0 Å². The van der Waals surface area contributed by atoms with Gasteiger partial charge in [0, 0.05) is 5.69 Å². The Morgan fingerprint density at radius 3 is 2.38 bits per heavy atom. The number of anilines is 1. The summed E-state index contributed by atoms with van der Waals surface area (Å²) in [5.41, 5.74) is 1.97. The Labute approximate surface area is 126 Å². The maximum absolute atomic E-state index is 12.7. The summed E-state index contributed by atoms with van der Waals surface area (Å²) in [6.45, 7) is 9.89. The zero-order chi connectivity index (χ0) is 15.7. The highest BCUT2D eigenvalue weighted by molar-refractivity contribution is 6.08. The summed E-state index contributed by atoms with van der Waals surface area (Å²) in [6, 6.07) is 6.98. The molecular weight excluding hydrogens is 264 g/mol. The van der Waals surface area contributed by atoms with Crippen molar-refractivity contribution >= 4 is 17.5 Å². The first-order chi connectivity index (χ1) is 9.82. The van der Waals surface area contributed by atoms with Crippen LogP contribution in [0.4, 0.5) is 5.69 Å². The second kappa shape index (κ2) is 5.88. The summed E-state index contributed by atoms with van der Waals surface area (Å²) in [4.78, 5) is 26.5. The van der Waals surface area contributed by atoms with Crippen molar-refractivity contribution in [3.05, 3.63) is 29.8 Å². The zero-order valence-corrected chi connectivity index (χ0v) is 13.4. The highest BCUT2D eigenvalue weighted by Crippen LogP contribution is 2.26. The molecule has 1 aliphatic heterocycles. The van der Waals surface area contributed by atoms with Crippen molar-refractivity contribution in [1.82, 2.24) is 5.32 Å². The number of piperazine rings is 1. The smallest absolute Gasteiger partial charge is 0.250 e. The van der Waals surface area contributed by atoms with Crippen LogP contribution >= 0.6 is 0 Å². The Morgan fingerprint density at radius 1 is 1.14 bits per heavy atom. The minimum atomic E-state index is -0.477. The molecule has 1 aromatic carbocycles. The Morgan fingerprint density at radius 2 is 1.81 bits per heavy atom. The van der Waals surface area contributed by atoms with Gasteiger partial charge in [-0.2, -0.15) is 0 Å². The number of hydrogen-bond acceptors (Lipinski definition) is 2. The van der Waals surface area contributed by atoms with Crippen molar-refractivity contribution in [2.24, 2.45) is 5.92 Å². The van der Waals surface area contributed by atoms with E-state index >= 15 is 0 Å². The molecule has 1 fully saturated rings. The molecule has 4 nitrogen and oxygen atoms in total. The van der Waals surface area contributed by atoms with E-state index in [0.717, 1.165) is 5.69 Å². The summed E-state index contributed by atoms with van der Waals surface area (Å²) in [5, 5.41) is 2.82. The topological polar surface area (TPSA) is 49.4 Å². The molecule has 1 aromatic rings. The molecule has 2 atom stereocenters. The molecule has 0 aliphatic carbocycles. The molecule has 2 rings (SSSR count). The lowest BCUT2D eigenvalue weighted by Crippen LogP contribution is -2.64. The molecule has 0 bridgehead atoms. The maximum Gasteiger partial charge on any atom is 0.250 e. The third kappa shape index (κ3) is 2.94. The van der Waals surface area contributed by atoms with E-state index in [9.17, 15) is 9.59 Å². The highest BCUT2D eigenvalue weighted by Gasteiger charge is 2.40. The van der Waals surface area contributed by atoms with Gasteiger partial charge in [-0.25, -0.2) is 0 Å². The highest BCUT2D eigenvalue weighted by atomic mass is 16.2. The average molecular weight is 288 g/mol. The Hall–Kier alpha value is -1.84. The van der Waals surface area contributed by atoms with E-state index in [1.54, 1.807) is 11.8 Å². The summed E-state index contributed by atoms with van der Waals surface area (Å²) < 4.78 is 0. The van der Waals surface area contributed by atoms with E-state index in [2.05, 4.69) is 19.2 Å². The maximum atomic E-state index is 12.7. The van der Waals surface area contributed by atoms with Gasteiger partial charge < -0.3 is 5.32 Å². The van der Waals surface area contributed by atoms with E-state index < -0.39 is 12.1 Å². The number of carbonyl (C=O) groups excluding carboxylic acids is 2. The monoisotopic (exact) mass is 288 g/mol. The zero-order valence-electron chi connectivity index (χ0n) is 13.4. The number of nitrogens with one attached hydrogen (secondary N) is 1. The van der Waals surface area contributed by atoms with Crippen molar-refractivity contribution in [2.75, 3.05) is 4.90 Å². The lowest BCUT2D eigenvalue weighted by molar-refractivity contribution is -0.134. The lowest BCUT2D eigenvalue weighted by atomic mass is 9.96. The van der Waals surface area contributed by atoms with Crippen molar-refractivity contribution in [3.63, 3.8) is 0 Å². The van der Waals surface area contributed by atoms with Crippen LogP contribution < -0.4 is 10.2 Å². The molecule has 0 saturated carbocycles. The van der Waals surface area contributed by atoms with E-state index in [4.69, 9.17) is 0 Å². The lowest BCUT2D eigenvalue weighted by Gasteiger charge is -2.39. The van der Waals surface area contributed by atoms with Crippen molar-refractivity contribution in [2.45, 2.75) is 52.6 Å². The third-order valence-electron chi connectivity index (χ3n) is 4.05. The summed E-state index contributed by atoms with van der Waals surface area (Å²) >= 11 is 0. The van der Waals surface area contributed by atoms with Crippen molar-refractivity contribution < 1.29 is 9.59 Å². The van der Waals surface area contributed by atoms with Gasteiger partial charge in [-0.3, -0.25) is 14.5 Å². The number of rotatable bonds is 3. The summed E-state index contributed by atoms with van der Waals surface area (Å²) in [7, 11) is 0. The van der Waals surface area contributed by atoms with Gasteiger partial charge in [0.25, 0.3) is 5.91 Å². The van der Waals surface area contributed by atoms with Crippen LogP contribution in [0.25, 0.3) is 0 Å². The van der Waals surface area contributed by atoms with Gasteiger partial charge in [0.15, 0.2) is 0 Å². The van der Waals surface area contributed by atoms with Gasteiger partial charge in [0.1, 0.15) is 12.1 Å². The Bertz CT molecular complexity index is 551. The molecule has 21 heavy (non-hydrogen) atoms. The van der Waals surface area contributed by atoms with Crippen LogP contribution in [0.1, 0.15) is 46.1 Å². The van der Waals surface area contributed by atoms with Crippen LogP contribution in [0.2, 0.25) is 0 Å². The van der Waals surface area contributed by atoms with Gasteiger partial charge >= 0.3 is 0 Å². The predicted molar refractivity (Wildman–Crippen MR) is 84.2 cm³/mol. The summed E-state index contributed by atoms with van der Waals surface area (Å²) in [6.07, 6.45) is 0. The standard InChI is InChI=1S/C17H24N2O2/c1-10(2)13-7-6-8-14(9-13)19-12(5)16(20)18-15(11(3)4)17(19)21/h6-12,15H,1-5H3,(H,18,20). The van der Waals surface area contributed by atoms with Gasteiger partial charge in [-0.1, -0.05) is 39.8 Å². The molecule has 114 valence electrons. The minimum absolute atomic E-state index is 0.0296. The molecule has 0 spiro atoms. The Kier molecular flexibility index (Phi) is 4.35. The number of nitrogens with zero attached hydrogens (tertiary/aromatic N) is 1. The molecule has 2 unspecified atom stereocenters. The third-order valence-corrected chi connectivity index (χ3v) is 4.05. The molecule has 2 amide bonds. The molecular formula is C17H24N2O2. The van der Waals surface area contributed by atoms with Gasteiger partial charge in [0.2, 0.25) is 5.91 Å². The molecule has 1 N–H and O–H groups in total. The number of carbonyl (C=O) groups is 2. The fourth-order valence-corrected chi connectivity index (χ4v) is 2.63. The number of hydrogen-bond donors (Lipinski definition) is 1. The second-order valence-corrected chi connectivity index (χ2v) is 6.36. The number of amides is 2. The first-order valence-corrected chi connectivity index (χ1v) is 7.56. The van der Waals surface area contributed by atoms with E-state index in [-0.39, 0.29) is 17.7 Å². The molecule has 0 aromatic heterocycles. The largest absolute Gasteiger partial charge is 0.342 e. The van der Waals surface area contributed by atoms with Crippen LogP contribution in [0, 0.1) is 5.92 Å². The molecule has 1 saturated heterocycles. The van der Waals surface area contributed by atoms with E-state index in [1.165, 1.54) is 5.56 Å². The van der Waals surface area contributed by atoms with E-state index in [1.807, 2.05) is 38.1 Å². The van der Waals surface area contributed by atoms with Crippen molar-refractivity contribution in [1.29, 1.82) is 0 Å². The molecule has 1 heterocycles. The molecule has 4 heteroatoms. The van der Waals surface area contributed by atoms with Gasteiger partial charge in [0.05, 0.1) is 0 Å². The van der Waals surface area contributed by atoms with Gasteiger partial charge in [-0.05, 0) is 36.5 Å². The fraction of sp³-hybridized carbons (Fsp3) is 0.529. The SMILES string of the molecule is CC(C)c1cccc(N2C(=O)C(C(C)C)NC(=O)C2C)c1.